The lowest BCUT2D eigenvalue weighted by Crippen LogP contribution is -2.45. The van der Waals surface area contributed by atoms with Gasteiger partial charge in [0.1, 0.15) is 17.6 Å². The third kappa shape index (κ3) is 3.03. The fourth-order valence-corrected chi connectivity index (χ4v) is 2.79. The zero-order chi connectivity index (χ0) is 18.8. The van der Waals surface area contributed by atoms with Gasteiger partial charge in [0, 0.05) is 6.07 Å². The van der Waals surface area contributed by atoms with E-state index in [1.807, 2.05) is 0 Å². The number of carbonyl (C=O) groups is 3. The minimum atomic E-state index is -1.04. The van der Waals surface area contributed by atoms with E-state index in [4.69, 9.17) is 4.74 Å². The van der Waals surface area contributed by atoms with Crippen molar-refractivity contribution in [2.24, 2.45) is 0 Å². The van der Waals surface area contributed by atoms with Gasteiger partial charge in [-0.05, 0) is 38.1 Å². The highest BCUT2D eigenvalue weighted by atomic mass is 19.1. The summed E-state index contributed by atoms with van der Waals surface area (Å²) in [6.07, 6.45) is 0. The minimum absolute atomic E-state index is 0.176. The van der Waals surface area contributed by atoms with Crippen LogP contribution in [-0.2, 0) is 4.79 Å². The number of halogens is 1. The van der Waals surface area contributed by atoms with Gasteiger partial charge in [-0.3, -0.25) is 19.3 Å². The Balaban J connectivity index is 1.82. The Kier molecular flexibility index (Phi) is 4.71. The topological polar surface area (TPSA) is 75.7 Å². The van der Waals surface area contributed by atoms with Gasteiger partial charge >= 0.3 is 0 Å². The van der Waals surface area contributed by atoms with Crippen LogP contribution in [0.15, 0.2) is 42.5 Å². The zero-order valence-corrected chi connectivity index (χ0v) is 14.3. The van der Waals surface area contributed by atoms with Crippen LogP contribution in [0.1, 0.15) is 34.6 Å². The molecule has 1 unspecified atom stereocenters. The highest BCUT2D eigenvalue weighted by molar-refractivity contribution is 6.23. The molecular formula is C19H17FN2O4. The highest BCUT2D eigenvalue weighted by Gasteiger charge is 2.40. The molecule has 0 spiro atoms. The van der Waals surface area contributed by atoms with E-state index in [0.717, 1.165) is 11.0 Å². The number of amides is 3. The molecule has 7 heteroatoms. The van der Waals surface area contributed by atoms with Crippen molar-refractivity contribution in [2.75, 3.05) is 11.9 Å². The lowest BCUT2D eigenvalue weighted by molar-refractivity contribution is -0.119. The van der Waals surface area contributed by atoms with Crippen LogP contribution in [-0.4, -0.2) is 35.3 Å². The molecule has 0 saturated heterocycles. The van der Waals surface area contributed by atoms with Crippen molar-refractivity contribution in [3.8, 4) is 5.75 Å². The Morgan fingerprint density at radius 3 is 2.35 bits per heavy atom. The van der Waals surface area contributed by atoms with Crippen LogP contribution < -0.4 is 10.1 Å². The summed E-state index contributed by atoms with van der Waals surface area (Å²) in [7, 11) is 0. The van der Waals surface area contributed by atoms with Crippen LogP contribution in [0.2, 0.25) is 0 Å². The van der Waals surface area contributed by atoms with Crippen LogP contribution in [0.4, 0.5) is 10.1 Å². The van der Waals surface area contributed by atoms with Crippen LogP contribution in [0.3, 0.4) is 0 Å². The van der Waals surface area contributed by atoms with E-state index in [9.17, 15) is 18.8 Å². The van der Waals surface area contributed by atoms with Crippen molar-refractivity contribution >= 4 is 23.4 Å². The van der Waals surface area contributed by atoms with Crippen molar-refractivity contribution in [1.82, 2.24) is 4.90 Å². The normalized spacial score (nSPS) is 14.2. The lowest BCUT2D eigenvalue weighted by Gasteiger charge is -2.22. The second kappa shape index (κ2) is 6.95. The van der Waals surface area contributed by atoms with E-state index in [2.05, 4.69) is 5.32 Å². The van der Waals surface area contributed by atoms with Gasteiger partial charge in [-0.15, -0.1) is 0 Å². The molecule has 1 aliphatic heterocycles. The number of hydrogen-bond acceptors (Lipinski definition) is 4. The van der Waals surface area contributed by atoms with Crippen LogP contribution in [0, 0.1) is 5.82 Å². The molecule has 0 aliphatic carbocycles. The van der Waals surface area contributed by atoms with Crippen molar-refractivity contribution < 1.29 is 23.5 Å². The molecule has 1 N–H and O–H groups in total. The summed E-state index contributed by atoms with van der Waals surface area (Å²) in [5.41, 5.74) is 0.810. The molecule has 0 fully saturated rings. The van der Waals surface area contributed by atoms with E-state index in [0.29, 0.717) is 6.61 Å². The van der Waals surface area contributed by atoms with Gasteiger partial charge in [-0.1, -0.05) is 12.1 Å². The summed E-state index contributed by atoms with van der Waals surface area (Å²) in [6, 6.07) is 9.09. The molecule has 1 atom stereocenters. The van der Waals surface area contributed by atoms with Gasteiger partial charge in [0.2, 0.25) is 5.91 Å². The molecule has 1 aliphatic rings. The molecule has 0 radical (unpaired) electrons. The van der Waals surface area contributed by atoms with Crippen molar-refractivity contribution in [1.29, 1.82) is 0 Å². The number of carbonyl (C=O) groups excluding carboxylic acids is 3. The van der Waals surface area contributed by atoms with Gasteiger partial charge in [-0.25, -0.2) is 4.39 Å². The third-order valence-electron chi connectivity index (χ3n) is 4.09. The van der Waals surface area contributed by atoms with Crippen LogP contribution in [0.5, 0.6) is 5.75 Å². The van der Waals surface area contributed by atoms with Gasteiger partial charge < -0.3 is 10.1 Å². The minimum Gasteiger partial charge on any atom is -0.492 e. The quantitative estimate of drug-likeness (QED) is 0.836. The Hall–Kier alpha value is -3.22. The van der Waals surface area contributed by atoms with Crippen molar-refractivity contribution in [3.63, 3.8) is 0 Å². The molecule has 0 saturated carbocycles. The Labute approximate surface area is 149 Å². The SMILES string of the molecule is CCOc1cc(F)ccc1NC(=O)C(C)N1C(=O)c2ccccc2C1=O. The Bertz CT molecular complexity index is 862. The zero-order valence-electron chi connectivity index (χ0n) is 14.3. The maximum Gasteiger partial charge on any atom is 0.262 e. The molecular weight excluding hydrogens is 339 g/mol. The summed E-state index contributed by atoms with van der Waals surface area (Å²) in [5, 5.41) is 2.59. The van der Waals surface area contributed by atoms with E-state index in [1.54, 1.807) is 31.2 Å². The number of anilines is 1. The summed E-state index contributed by atoms with van der Waals surface area (Å²) >= 11 is 0. The van der Waals surface area contributed by atoms with Gasteiger partial charge in [0.05, 0.1) is 23.4 Å². The summed E-state index contributed by atoms with van der Waals surface area (Å²) in [4.78, 5) is 38.4. The Morgan fingerprint density at radius 2 is 1.77 bits per heavy atom. The lowest BCUT2D eigenvalue weighted by atomic mass is 10.1. The van der Waals surface area contributed by atoms with Gasteiger partial charge in [0.15, 0.2) is 0 Å². The van der Waals surface area contributed by atoms with E-state index >= 15 is 0 Å². The van der Waals surface area contributed by atoms with E-state index in [-0.39, 0.29) is 22.6 Å². The number of ether oxygens (including phenoxy) is 1. The first-order chi connectivity index (χ1) is 12.4. The van der Waals surface area contributed by atoms with Crippen molar-refractivity contribution in [2.45, 2.75) is 19.9 Å². The average Bonchev–Trinajstić information content (AvgIpc) is 2.88. The monoisotopic (exact) mass is 356 g/mol. The molecule has 134 valence electrons. The van der Waals surface area contributed by atoms with E-state index < -0.39 is 29.6 Å². The van der Waals surface area contributed by atoms with Crippen LogP contribution >= 0.6 is 0 Å². The second-order valence-corrected chi connectivity index (χ2v) is 5.76. The predicted octanol–water partition coefficient (Wildman–Crippen LogP) is 2.85. The summed E-state index contributed by atoms with van der Waals surface area (Å²) in [6.45, 7) is 3.49. The molecule has 2 aromatic rings. The number of fused-ring (bicyclic) bond motifs is 1. The van der Waals surface area contributed by atoms with Gasteiger partial charge in [-0.2, -0.15) is 0 Å². The Morgan fingerprint density at radius 1 is 1.15 bits per heavy atom. The fourth-order valence-electron chi connectivity index (χ4n) is 2.79. The number of hydrogen-bond donors (Lipinski definition) is 1. The first kappa shape index (κ1) is 17.6. The summed E-state index contributed by atoms with van der Waals surface area (Å²) in [5.74, 6) is -1.93. The number of nitrogens with zero attached hydrogens (tertiary/aromatic N) is 1. The number of benzene rings is 2. The maximum atomic E-state index is 13.4. The number of imide groups is 1. The largest absolute Gasteiger partial charge is 0.492 e. The number of nitrogens with one attached hydrogen (secondary N) is 1. The average molecular weight is 356 g/mol. The highest BCUT2D eigenvalue weighted by Crippen LogP contribution is 2.28. The smallest absolute Gasteiger partial charge is 0.262 e. The van der Waals surface area contributed by atoms with Crippen LogP contribution in [0.25, 0.3) is 0 Å². The molecule has 6 nitrogen and oxygen atoms in total. The first-order valence-electron chi connectivity index (χ1n) is 8.14. The molecule has 1 heterocycles. The van der Waals surface area contributed by atoms with Crippen molar-refractivity contribution in [3.05, 3.63) is 59.4 Å². The maximum absolute atomic E-state index is 13.4. The molecule has 26 heavy (non-hydrogen) atoms. The first-order valence-corrected chi connectivity index (χ1v) is 8.14. The van der Waals surface area contributed by atoms with Gasteiger partial charge in [0.25, 0.3) is 11.8 Å². The van der Waals surface area contributed by atoms with E-state index in [1.165, 1.54) is 19.1 Å². The molecule has 2 aromatic carbocycles. The second-order valence-electron chi connectivity index (χ2n) is 5.76. The molecule has 3 amide bonds. The molecule has 0 aromatic heterocycles. The standard InChI is InChI=1S/C19H17FN2O4/c1-3-26-16-10-12(20)8-9-15(16)21-17(23)11(2)22-18(24)13-6-4-5-7-14(13)19(22)25/h4-11H,3H2,1-2H3,(H,21,23). The summed E-state index contributed by atoms with van der Waals surface area (Å²) < 4.78 is 18.7. The fraction of sp³-hybridized carbons (Fsp3) is 0.211. The third-order valence-corrected chi connectivity index (χ3v) is 4.09. The number of rotatable bonds is 5. The molecule has 0 bridgehead atoms. The predicted molar refractivity (Wildman–Crippen MR) is 92.6 cm³/mol. The molecule has 3 rings (SSSR count).